The predicted molar refractivity (Wildman–Crippen MR) is 64.7 cm³/mol. The SMILES string of the molecule is C[C@@H](Cl)C(=O)Nc1cccc(Br)c1[N+](=O)[O-]. The van der Waals surface area contributed by atoms with Crippen molar-refractivity contribution in [1.82, 2.24) is 0 Å². The second-order valence-electron chi connectivity index (χ2n) is 3.00. The summed E-state index contributed by atoms with van der Waals surface area (Å²) >= 11 is 8.60. The van der Waals surface area contributed by atoms with E-state index in [2.05, 4.69) is 21.2 Å². The first-order valence-electron chi connectivity index (χ1n) is 4.31. The molecule has 0 fully saturated rings. The smallest absolute Gasteiger partial charge is 0.306 e. The average molecular weight is 308 g/mol. The van der Waals surface area contributed by atoms with E-state index >= 15 is 0 Å². The Hall–Kier alpha value is -1.14. The molecule has 0 saturated heterocycles. The molecule has 1 N–H and O–H groups in total. The molecule has 0 aliphatic carbocycles. The van der Waals surface area contributed by atoms with E-state index in [4.69, 9.17) is 11.6 Å². The van der Waals surface area contributed by atoms with Crippen LogP contribution >= 0.6 is 27.5 Å². The third kappa shape index (κ3) is 2.93. The lowest BCUT2D eigenvalue weighted by atomic mass is 10.2. The molecule has 0 aromatic heterocycles. The highest BCUT2D eigenvalue weighted by atomic mass is 79.9. The average Bonchev–Trinajstić information content (AvgIpc) is 2.16. The number of hydrogen-bond donors (Lipinski definition) is 1. The molecule has 16 heavy (non-hydrogen) atoms. The van der Waals surface area contributed by atoms with Gasteiger partial charge in [0.2, 0.25) is 5.91 Å². The fraction of sp³-hybridized carbons (Fsp3) is 0.222. The minimum absolute atomic E-state index is 0.122. The Bertz CT molecular complexity index is 437. The molecule has 0 saturated carbocycles. The van der Waals surface area contributed by atoms with Gasteiger partial charge in [0.1, 0.15) is 11.1 Å². The maximum Gasteiger partial charge on any atom is 0.306 e. The minimum Gasteiger partial charge on any atom is -0.319 e. The van der Waals surface area contributed by atoms with Crippen LogP contribution in [0.2, 0.25) is 0 Å². The molecular formula is C9H8BrClN2O3. The summed E-state index contributed by atoms with van der Waals surface area (Å²) in [7, 11) is 0. The summed E-state index contributed by atoms with van der Waals surface area (Å²) in [6.45, 7) is 1.49. The first-order valence-corrected chi connectivity index (χ1v) is 5.54. The van der Waals surface area contributed by atoms with Crippen LogP contribution in [0.5, 0.6) is 0 Å². The van der Waals surface area contributed by atoms with Gasteiger partial charge in [-0.3, -0.25) is 14.9 Å². The van der Waals surface area contributed by atoms with E-state index < -0.39 is 16.2 Å². The van der Waals surface area contributed by atoms with E-state index in [0.29, 0.717) is 4.47 Å². The minimum atomic E-state index is -0.751. The van der Waals surface area contributed by atoms with Crippen LogP contribution in [0.3, 0.4) is 0 Å². The molecule has 1 aromatic carbocycles. The van der Waals surface area contributed by atoms with Crippen molar-refractivity contribution >= 4 is 44.8 Å². The molecule has 1 amide bonds. The molecule has 0 aliphatic rings. The quantitative estimate of drug-likeness (QED) is 0.530. The maximum atomic E-state index is 11.3. The van der Waals surface area contributed by atoms with Gasteiger partial charge in [0.05, 0.1) is 9.40 Å². The summed E-state index contributed by atoms with van der Waals surface area (Å²) in [5.41, 5.74) is -0.0648. The molecule has 0 heterocycles. The zero-order valence-electron chi connectivity index (χ0n) is 8.24. The zero-order valence-corrected chi connectivity index (χ0v) is 10.6. The van der Waals surface area contributed by atoms with Crippen LogP contribution < -0.4 is 5.32 Å². The van der Waals surface area contributed by atoms with Crippen LogP contribution in [0, 0.1) is 10.1 Å². The molecule has 0 radical (unpaired) electrons. The van der Waals surface area contributed by atoms with Crippen LogP contribution in [0.25, 0.3) is 0 Å². The van der Waals surface area contributed by atoms with Gasteiger partial charge in [-0.25, -0.2) is 0 Å². The number of alkyl halides is 1. The van der Waals surface area contributed by atoms with Gasteiger partial charge in [0.25, 0.3) is 0 Å². The molecule has 1 aromatic rings. The highest BCUT2D eigenvalue weighted by Crippen LogP contribution is 2.32. The first kappa shape index (κ1) is 12.9. The second-order valence-corrected chi connectivity index (χ2v) is 4.51. The highest BCUT2D eigenvalue weighted by molar-refractivity contribution is 9.10. The molecule has 7 heteroatoms. The lowest BCUT2D eigenvalue weighted by Gasteiger charge is -2.07. The van der Waals surface area contributed by atoms with Crippen molar-refractivity contribution in [1.29, 1.82) is 0 Å². The van der Waals surface area contributed by atoms with Crippen molar-refractivity contribution in [2.24, 2.45) is 0 Å². The van der Waals surface area contributed by atoms with Gasteiger partial charge in [0.15, 0.2) is 0 Å². The highest BCUT2D eigenvalue weighted by Gasteiger charge is 2.20. The Morgan fingerprint density at radius 2 is 2.25 bits per heavy atom. The van der Waals surface area contributed by atoms with Gasteiger partial charge >= 0.3 is 5.69 Å². The maximum absolute atomic E-state index is 11.3. The standard InChI is InChI=1S/C9H8BrClN2O3/c1-5(11)9(14)12-7-4-2-3-6(10)8(7)13(15)16/h2-5H,1H3,(H,12,14)/t5-/m1/s1. The van der Waals surface area contributed by atoms with E-state index in [9.17, 15) is 14.9 Å². The van der Waals surface area contributed by atoms with E-state index in [1.54, 1.807) is 6.07 Å². The van der Waals surface area contributed by atoms with Gasteiger partial charge in [-0.05, 0) is 35.0 Å². The van der Waals surface area contributed by atoms with E-state index in [-0.39, 0.29) is 11.4 Å². The molecule has 5 nitrogen and oxygen atoms in total. The number of anilines is 1. The summed E-state index contributed by atoms with van der Waals surface area (Å²) in [5.74, 6) is -0.483. The molecule has 0 unspecified atom stereocenters. The number of para-hydroxylation sites is 1. The number of nitrogens with zero attached hydrogens (tertiary/aromatic N) is 1. The number of halogens is 2. The van der Waals surface area contributed by atoms with Crippen molar-refractivity contribution in [2.75, 3.05) is 5.32 Å². The third-order valence-electron chi connectivity index (χ3n) is 1.79. The molecule has 86 valence electrons. The molecular weight excluding hydrogens is 299 g/mol. The molecule has 1 rings (SSSR count). The Morgan fingerprint density at radius 1 is 1.62 bits per heavy atom. The van der Waals surface area contributed by atoms with Gasteiger partial charge in [-0.15, -0.1) is 11.6 Å². The fourth-order valence-corrected chi connectivity index (χ4v) is 1.60. The van der Waals surface area contributed by atoms with Crippen LogP contribution in [0.15, 0.2) is 22.7 Å². The van der Waals surface area contributed by atoms with Gasteiger partial charge in [-0.2, -0.15) is 0 Å². The Kier molecular flexibility index (Phi) is 4.26. The number of carbonyl (C=O) groups excluding carboxylic acids is 1. The lowest BCUT2D eigenvalue weighted by molar-refractivity contribution is -0.384. The third-order valence-corrected chi connectivity index (χ3v) is 2.63. The van der Waals surface area contributed by atoms with Crippen molar-refractivity contribution in [3.05, 3.63) is 32.8 Å². The van der Waals surface area contributed by atoms with Crippen molar-refractivity contribution in [2.45, 2.75) is 12.3 Å². The zero-order chi connectivity index (χ0) is 12.3. The number of amides is 1. The number of benzene rings is 1. The van der Waals surface area contributed by atoms with Crippen LogP contribution in [-0.2, 0) is 4.79 Å². The molecule has 1 atom stereocenters. The number of carbonyl (C=O) groups is 1. The number of nitro benzene ring substituents is 1. The molecule has 0 bridgehead atoms. The summed E-state index contributed by atoms with van der Waals surface area (Å²) < 4.78 is 0.303. The molecule has 0 spiro atoms. The van der Waals surface area contributed by atoms with Gasteiger partial charge in [-0.1, -0.05) is 6.07 Å². The van der Waals surface area contributed by atoms with Gasteiger partial charge in [0, 0.05) is 0 Å². The number of rotatable bonds is 3. The number of nitrogens with one attached hydrogen (secondary N) is 1. The summed E-state index contributed by atoms with van der Waals surface area (Å²) in [6, 6.07) is 4.56. The predicted octanol–water partition coefficient (Wildman–Crippen LogP) is 2.92. The molecule has 0 aliphatic heterocycles. The van der Waals surface area contributed by atoms with Crippen molar-refractivity contribution in [3.63, 3.8) is 0 Å². The van der Waals surface area contributed by atoms with Crippen LogP contribution in [-0.4, -0.2) is 16.2 Å². The van der Waals surface area contributed by atoms with Crippen LogP contribution in [0.4, 0.5) is 11.4 Å². The normalized spacial score (nSPS) is 11.9. The Morgan fingerprint density at radius 3 is 2.75 bits per heavy atom. The van der Waals surface area contributed by atoms with Crippen LogP contribution in [0.1, 0.15) is 6.92 Å². The van der Waals surface area contributed by atoms with E-state index in [0.717, 1.165) is 0 Å². The Balaban J connectivity index is 3.09. The monoisotopic (exact) mass is 306 g/mol. The number of nitro groups is 1. The largest absolute Gasteiger partial charge is 0.319 e. The number of hydrogen-bond acceptors (Lipinski definition) is 3. The van der Waals surface area contributed by atoms with Gasteiger partial charge < -0.3 is 5.32 Å². The topological polar surface area (TPSA) is 72.2 Å². The summed E-state index contributed by atoms with van der Waals surface area (Å²) in [4.78, 5) is 21.5. The Labute approximate surface area is 105 Å². The summed E-state index contributed by atoms with van der Waals surface area (Å²) in [6.07, 6.45) is 0. The first-order chi connectivity index (χ1) is 7.43. The fourth-order valence-electron chi connectivity index (χ4n) is 1.03. The summed E-state index contributed by atoms with van der Waals surface area (Å²) in [5, 5.41) is 12.4. The second kappa shape index (κ2) is 5.27. The van der Waals surface area contributed by atoms with Crippen molar-refractivity contribution < 1.29 is 9.72 Å². The van der Waals surface area contributed by atoms with E-state index in [1.165, 1.54) is 19.1 Å². The lowest BCUT2D eigenvalue weighted by Crippen LogP contribution is -2.20. The van der Waals surface area contributed by atoms with E-state index in [1.807, 2.05) is 0 Å². The van der Waals surface area contributed by atoms with Crippen molar-refractivity contribution in [3.8, 4) is 0 Å².